The number of amidine groups is 1. The van der Waals surface area contributed by atoms with Crippen molar-refractivity contribution in [3.8, 4) is 5.75 Å². The highest BCUT2D eigenvalue weighted by Crippen LogP contribution is 2.28. The largest absolute Gasteiger partial charge is 0.490 e. The van der Waals surface area contributed by atoms with Crippen LogP contribution in [0.1, 0.15) is 12.5 Å². The van der Waals surface area contributed by atoms with Gasteiger partial charge in [0.2, 0.25) is 5.91 Å². The lowest BCUT2D eigenvalue weighted by Crippen LogP contribution is -2.19. The van der Waals surface area contributed by atoms with E-state index in [1.54, 1.807) is 36.4 Å². The Kier molecular flexibility index (Phi) is 6.29. The quantitative estimate of drug-likeness (QED) is 0.572. The molecule has 2 amide bonds. The topological polar surface area (TPSA) is 79.8 Å². The first kappa shape index (κ1) is 19.4. The van der Waals surface area contributed by atoms with Crippen LogP contribution >= 0.6 is 11.8 Å². The highest BCUT2D eigenvalue weighted by atomic mass is 32.2. The van der Waals surface area contributed by atoms with Gasteiger partial charge in [-0.2, -0.15) is 0 Å². The van der Waals surface area contributed by atoms with Gasteiger partial charge in [0.25, 0.3) is 5.91 Å². The number of amides is 2. The SMILES string of the molecule is C=CCOc1ccc(/C=C2\SC(=Nc3ccc(NC(C)=O)cc3)NC2=O)cc1. The maximum absolute atomic E-state index is 12.2. The summed E-state index contributed by atoms with van der Waals surface area (Å²) in [5.74, 6) is 0.425. The molecule has 28 heavy (non-hydrogen) atoms. The van der Waals surface area contributed by atoms with Crippen LogP contribution in [0.3, 0.4) is 0 Å². The number of nitrogens with zero attached hydrogens (tertiary/aromatic N) is 1. The van der Waals surface area contributed by atoms with E-state index in [1.807, 2.05) is 24.3 Å². The van der Waals surface area contributed by atoms with Crippen LogP contribution in [0.4, 0.5) is 11.4 Å². The van der Waals surface area contributed by atoms with Gasteiger partial charge in [-0.1, -0.05) is 24.8 Å². The van der Waals surface area contributed by atoms with Crippen LogP contribution < -0.4 is 15.4 Å². The molecule has 2 aromatic carbocycles. The van der Waals surface area contributed by atoms with Crippen molar-refractivity contribution in [1.29, 1.82) is 0 Å². The third-order valence-electron chi connectivity index (χ3n) is 3.61. The van der Waals surface area contributed by atoms with Crippen LogP contribution in [0.25, 0.3) is 6.08 Å². The minimum atomic E-state index is -0.189. The number of hydrogen-bond donors (Lipinski definition) is 2. The van der Waals surface area contributed by atoms with Crippen LogP contribution in [0.5, 0.6) is 5.75 Å². The molecule has 1 heterocycles. The smallest absolute Gasteiger partial charge is 0.264 e. The van der Waals surface area contributed by atoms with Gasteiger partial charge < -0.3 is 15.4 Å². The van der Waals surface area contributed by atoms with Crippen molar-refractivity contribution in [3.05, 3.63) is 71.7 Å². The average Bonchev–Trinajstić information content (AvgIpc) is 3.01. The van der Waals surface area contributed by atoms with Crippen molar-refractivity contribution in [2.24, 2.45) is 4.99 Å². The molecule has 0 saturated carbocycles. The maximum Gasteiger partial charge on any atom is 0.264 e. The lowest BCUT2D eigenvalue weighted by molar-refractivity contribution is -0.115. The molecule has 1 fully saturated rings. The van der Waals surface area contributed by atoms with Crippen LogP contribution in [0.2, 0.25) is 0 Å². The Labute approximate surface area is 167 Å². The summed E-state index contributed by atoms with van der Waals surface area (Å²) in [5.41, 5.74) is 2.27. The van der Waals surface area contributed by atoms with Crippen LogP contribution in [-0.4, -0.2) is 23.6 Å². The van der Waals surface area contributed by atoms with Crippen molar-refractivity contribution >= 4 is 46.2 Å². The van der Waals surface area contributed by atoms with Crippen molar-refractivity contribution in [2.75, 3.05) is 11.9 Å². The zero-order valence-corrected chi connectivity index (χ0v) is 16.1. The summed E-state index contributed by atoms with van der Waals surface area (Å²) >= 11 is 1.28. The summed E-state index contributed by atoms with van der Waals surface area (Å²) in [4.78, 5) is 28.3. The average molecular weight is 393 g/mol. The molecule has 1 aliphatic heterocycles. The van der Waals surface area contributed by atoms with Crippen LogP contribution in [-0.2, 0) is 9.59 Å². The Morgan fingerprint density at radius 1 is 1.21 bits per heavy atom. The van der Waals surface area contributed by atoms with Gasteiger partial charge in [-0.3, -0.25) is 9.59 Å². The number of rotatable bonds is 6. The molecule has 3 rings (SSSR count). The highest BCUT2D eigenvalue weighted by molar-refractivity contribution is 8.18. The van der Waals surface area contributed by atoms with Crippen LogP contribution in [0, 0.1) is 0 Å². The number of anilines is 1. The molecule has 6 nitrogen and oxygen atoms in total. The Hall–Kier alpha value is -3.32. The highest BCUT2D eigenvalue weighted by Gasteiger charge is 2.23. The number of thioether (sulfide) groups is 1. The zero-order chi connectivity index (χ0) is 19.9. The summed E-state index contributed by atoms with van der Waals surface area (Å²) in [7, 11) is 0. The Morgan fingerprint density at radius 2 is 1.93 bits per heavy atom. The number of carbonyl (C=O) groups excluding carboxylic acids is 2. The van der Waals surface area contributed by atoms with Gasteiger partial charge in [-0.05, 0) is 59.8 Å². The summed E-state index contributed by atoms with van der Waals surface area (Å²) < 4.78 is 5.45. The van der Waals surface area contributed by atoms with Gasteiger partial charge in [0.1, 0.15) is 12.4 Å². The number of nitrogens with one attached hydrogen (secondary N) is 2. The second-order valence-corrected chi connectivity index (χ2v) is 6.91. The fourth-order valence-electron chi connectivity index (χ4n) is 2.39. The molecular weight excluding hydrogens is 374 g/mol. The summed E-state index contributed by atoms with van der Waals surface area (Å²) in [5, 5.41) is 5.96. The number of ether oxygens (including phenoxy) is 1. The third-order valence-corrected chi connectivity index (χ3v) is 4.52. The summed E-state index contributed by atoms with van der Waals surface area (Å²) in [6, 6.07) is 14.5. The molecule has 0 aromatic heterocycles. The first-order chi connectivity index (χ1) is 13.5. The predicted octanol–water partition coefficient (Wildman–Crippen LogP) is 4.10. The number of hydrogen-bond acceptors (Lipinski definition) is 5. The zero-order valence-electron chi connectivity index (χ0n) is 15.3. The van der Waals surface area contributed by atoms with Crippen molar-refractivity contribution in [3.63, 3.8) is 0 Å². The number of benzene rings is 2. The molecule has 0 unspecified atom stereocenters. The fraction of sp³-hybridized carbons (Fsp3) is 0.0952. The molecule has 0 aliphatic carbocycles. The first-order valence-corrected chi connectivity index (χ1v) is 9.36. The summed E-state index contributed by atoms with van der Waals surface area (Å²) in [6.45, 7) is 5.51. The second-order valence-electron chi connectivity index (χ2n) is 5.88. The fourth-order valence-corrected chi connectivity index (χ4v) is 3.23. The van der Waals surface area contributed by atoms with E-state index < -0.39 is 0 Å². The van der Waals surface area contributed by atoms with E-state index in [1.165, 1.54) is 18.7 Å². The van der Waals surface area contributed by atoms with Crippen LogP contribution in [0.15, 0.2) is 71.1 Å². The molecule has 142 valence electrons. The normalized spacial score (nSPS) is 16.1. The predicted molar refractivity (Wildman–Crippen MR) is 114 cm³/mol. The minimum Gasteiger partial charge on any atom is -0.490 e. The van der Waals surface area contributed by atoms with E-state index in [-0.39, 0.29) is 11.8 Å². The standard InChI is InChI=1S/C21H19N3O3S/c1-3-12-27-18-10-4-15(5-11-18)13-19-20(26)24-21(28-19)23-17-8-6-16(7-9-17)22-14(2)25/h3-11,13H,1,12H2,2H3,(H,22,25)(H,23,24,26)/b19-13-. The number of aliphatic imine (C=N–C) groups is 1. The van der Waals surface area contributed by atoms with Gasteiger partial charge in [0.15, 0.2) is 5.17 Å². The Balaban J connectivity index is 1.68. The van der Waals surface area contributed by atoms with Gasteiger partial charge in [0.05, 0.1) is 10.6 Å². The molecule has 1 aliphatic rings. The van der Waals surface area contributed by atoms with E-state index in [9.17, 15) is 9.59 Å². The van der Waals surface area contributed by atoms with Gasteiger partial charge in [-0.15, -0.1) is 0 Å². The molecule has 7 heteroatoms. The van der Waals surface area contributed by atoms with Gasteiger partial charge in [0, 0.05) is 12.6 Å². The molecular formula is C21H19N3O3S. The van der Waals surface area contributed by atoms with E-state index in [4.69, 9.17) is 4.74 Å². The molecule has 2 aromatic rings. The van der Waals surface area contributed by atoms with E-state index in [2.05, 4.69) is 22.2 Å². The van der Waals surface area contributed by atoms with E-state index in [0.29, 0.717) is 28.1 Å². The lowest BCUT2D eigenvalue weighted by atomic mass is 10.2. The second kappa shape index (κ2) is 9.05. The van der Waals surface area contributed by atoms with Crippen molar-refractivity contribution in [2.45, 2.75) is 6.92 Å². The third kappa shape index (κ3) is 5.34. The maximum atomic E-state index is 12.2. The summed E-state index contributed by atoms with van der Waals surface area (Å²) in [6.07, 6.45) is 3.49. The first-order valence-electron chi connectivity index (χ1n) is 8.54. The molecule has 0 radical (unpaired) electrons. The van der Waals surface area contributed by atoms with Crippen molar-refractivity contribution in [1.82, 2.24) is 5.32 Å². The molecule has 0 spiro atoms. The van der Waals surface area contributed by atoms with Crippen molar-refractivity contribution < 1.29 is 14.3 Å². The van der Waals surface area contributed by atoms with Gasteiger partial charge >= 0.3 is 0 Å². The Bertz CT molecular complexity index is 948. The Morgan fingerprint density at radius 3 is 2.57 bits per heavy atom. The lowest BCUT2D eigenvalue weighted by Gasteiger charge is -2.03. The van der Waals surface area contributed by atoms with E-state index in [0.717, 1.165) is 11.3 Å². The number of carbonyl (C=O) groups is 2. The van der Waals surface area contributed by atoms with Gasteiger partial charge in [-0.25, -0.2) is 4.99 Å². The minimum absolute atomic E-state index is 0.132. The molecule has 0 atom stereocenters. The monoisotopic (exact) mass is 393 g/mol. The molecule has 2 N–H and O–H groups in total. The molecule has 1 saturated heterocycles. The van der Waals surface area contributed by atoms with E-state index >= 15 is 0 Å². The molecule has 0 bridgehead atoms.